The second-order valence-corrected chi connectivity index (χ2v) is 10.1. The minimum Gasteiger partial charge on any atom is -0.343 e. The molecular weight excluding hydrogens is 481 g/mol. The highest BCUT2D eigenvalue weighted by Gasteiger charge is 2.40. The van der Waals surface area contributed by atoms with Gasteiger partial charge in [-0.3, -0.25) is 14.6 Å². The Morgan fingerprint density at radius 3 is 2.49 bits per heavy atom. The van der Waals surface area contributed by atoms with Gasteiger partial charge in [-0.2, -0.15) is 13.2 Å². The van der Waals surface area contributed by atoms with E-state index in [4.69, 9.17) is 0 Å². The van der Waals surface area contributed by atoms with Crippen molar-refractivity contribution >= 4 is 11.8 Å². The van der Waals surface area contributed by atoms with Crippen molar-refractivity contribution in [1.29, 1.82) is 0 Å². The number of likely N-dealkylation sites (tertiary alicyclic amines) is 1. The van der Waals surface area contributed by atoms with Gasteiger partial charge < -0.3 is 15.5 Å². The summed E-state index contributed by atoms with van der Waals surface area (Å²) in [6, 6.07) is 7.31. The van der Waals surface area contributed by atoms with Crippen molar-refractivity contribution < 1.29 is 22.8 Å². The lowest BCUT2D eigenvalue weighted by Gasteiger charge is -2.35. The highest BCUT2D eigenvalue weighted by atomic mass is 19.4. The summed E-state index contributed by atoms with van der Waals surface area (Å²) in [7, 11) is 1.70. The first-order chi connectivity index (χ1) is 17.7. The Balaban J connectivity index is 1.62. The average molecular weight is 517 g/mol. The summed E-state index contributed by atoms with van der Waals surface area (Å²) in [5.41, 5.74) is 0.364. The molecule has 2 amide bonds. The Kier molecular flexibility index (Phi) is 8.52. The standard InChI is InChI=1S/C28H35F3N4O2/c1-18(32-2)26(36)34-25(19-9-4-3-5-10-19)27(37)35-16-8-13-24(35)23-17-20(14-15-33-23)21-11-6-7-12-22(21)28(29,30)31/h6-7,11-12,14-15,17-19,24-25,32H,3-5,8-10,13,16H2,1-2H3,(H,34,36). The maximum absolute atomic E-state index is 13.9. The monoisotopic (exact) mass is 516 g/mol. The molecule has 1 saturated carbocycles. The number of nitrogens with one attached hydrogen (secondary N) is 2. The van der Waals surface area contributed by atoms with Gasteiger partial charge in [0.25, 0.3) is 0 Å². The number of carbonyl (C=O) groups is 2. The van der Waals surface area contributed by atoms with Crippen LogP contribution in [0.2, 0.25) is 0 Å². The minimum atomic E-state index is -4.48. The first-order valence-corrected chi connectivity index (χ1v) is 13.1. The molecule has 2 N–H and O–H groups in total. The number of hydrogen-bond donors (Lipinski definition) is 2. The van der Waals surface area contributed by atoms with Crippen molar-refractivity contribution in [2.24, 2.45) is 5.92 Å². The van der Waals surface area contributed by atoms with Gasteiger partial charge in [-0.05, 0) is 74.9 Å². The molecule has 200 valence electrons. The summed E-state index contributed by atoms with van der Waals surface area (Å²) in [4.78, 5) is 32.9. The van der Waals surface area contributed by atoms with E-state index in [9.17, 15) is 22.8 Å². The van der Waals surface area contributed by atoms with E-state index in [1.54, 1.807) is 37.1 Å². The lowest BCUT2D eigenvalue weighted by Crippen LogP contribution is -2.55. The Hall–Kier alpha value is -2.94. The van der Waals surface area contributed by atoms with Crippen LogP contribution >= 0.6 is 0 Å². The molecule has 3 atom stereocenters. The van der Waals surface area contributed by atoms with E-state index in [0.29, 0.717) is 24.2 Å². The molecule has 3 unspecified atom stereocenters. The molecule has 1 aromatic heterocycles. The summed E-state index contributed by atoms with van der Waals surface area (Å²) in [6.45, 7) is 2.28. The van der Waals surface area contributed by atoms with Gasteiger partial charge >= 0.3 is 6.18 Å². The molecule has 2 aromatic rings. The highest BCUT2D eigenvalue weighted by Crippen LogP contribution is 2.39. The number of alkyl halides is 3. The van der Waals surface area contributed by atoms with E-state index >= 15 is 0 Å². The van der Waals surface area contributed by atoms with Gasteiger partial charge in [0.2, 0.25) is 11.8 Å². The number of carbonyl (C=O) groups excluding carboxylic acids is 2. The zero-order valence-corrected chi connectivity index (χ0v) is 21.4. The summed E-state index contributed by atoms with van der Waals surface area (Å²) in [5, 5.41) is 5.94. The predicted octanol–water partition coefficient (Wildman–Crippen LogP) is 5.10. The molecule has 2 heterocycles. The minimum absolute atomic E-state index is 0.0634. The number of amides is 2. The summed E-state index contributed by atoms with van der Waals surface area (Å²) >= 11 is 0. The third-order valence-electron chi connectivity index (χ3n) is 7.71. The molecule has 2 aliphatic rings. The van der Waals surface area contributed by atoms with Gasteiger partial charge in [0.1, 0.15) is 6.04 Å². The topological polar surface area (TPSA) is 74.3 Å². The quantitative estimate of drug-likeness (QED) is 0.537. The molecular formula is C28H35F3N4O2. The number of likely N-dealkylation sites (N-methyl/N-ethyl adjacent to an activating group) is 1. The average Bonchev–Trinajstić information content (AvgIpc) is 3.41. The van der Waals surface area contributed by atoms with Crippen LogP contribution in [0.3, 0.4) is 0 Å². The molecule has 1 saturated heterocycles. The number of hydrogen-bond acceptors (Lipinski definition) is 4. The lowest BCUT2D eigenvalue weighted by atomic mass is 9.83. The summed E-state index contributed by atoms with van der Waals surface area (Å²) in [5.74, 6) is -0.284. The smallest absolute Gasteiger partial charge is 0.343 e. The molecule has 37 heavy (non-hydrogen) atoms. The van der Waals surface area contributed by atoms with Crippen LogP contribution in [-0.2, 0) is 15.8 Å². The molecule has 6 nitrogen and oxygen atoms in total. The third kappa shape index (κ3) is 6.14. The lowest BCUT2D eigenvalue weighted by molar-refractivity contribution is -0.139. The first kappa shape index (κ1) is 27.1. The second-order valence-electron chi connectivity index (χ2n) is 10.1. The van der Waals surface area contributed by atoms with Crippen molar-refractivity contribution in [3.63, 3.8) is 0 Å². The maximum atomic E-state index is 13.9. The zero-order valence-electron chi connectivity index (χ0n) is 21.4. The van der Waals surface area contributed by atoms with Crippen LogP contribution < -0.4 is 10.6 Å². The number of pyridine rings is 1. The van der Waals surface area contributed by atoms with Crippen LogP contribution in [0, 0.1) is 5.92 Å². The Labute approximate surface area is 216 Å². The van der Waals surface area contributed by atoms with E-state index in [1.165, 1.54) is 18.3 Å². The van der Waals surface area contributed by atoms with Crippen LogP contribution in [0.15, 0.2) is 42.6 Å². The van der Waals surface area contributed by atoms with Gasteiger partial charge in [-0.25, -0.2) is 0 Å². The van der Waals surface area contributed by atoms with E-state index in [0.717, 1.165) is 44.6 Å². The van der Waals surface area contributed by atoms with E-state index in [2.05, 4.69) is 15.6 Å². The van der Waals surface area contributed by atoms with Crippen molar-refractivity contribution in [2.45, 2.75) is 76.2 Å². The van der Waals surface area contributed by atoms with Gasteiger partial charge in [0, 0.05) is 12.7 Å². The summed E-state index contributed by atoms with van der Waals surface area (Å²) < 4.78 is 40.9. The predicted molar refractivity (Wildman–Crippen MR) is 135 cm³/mol. The number of nitrogens with zero attached hydrogens (tertiary/aromatic N) is 2. The van der Waals surface area contributed by atoms with Crippen LogP contribution in [0.25, 0.3) is 11.1 Å². The third-order valence-corrected chi connectivity index (χ3v) is 7.71. The van der Waals surface area contributed by atoms with Crippen LogP contribution in [0.1, 0.15) is 69.2 Å². The zero-order chi connectivity index (χ0) is 26.6. The number of halogens is 3. The van der Waals surface area contributed by atoms with Gasteiger partial charge in [-0.15, -0.1) is 0 Å². The van der Waals surface area contributed by atoms with Crippen molar-refractivity contribution in [3.8, 4) is 11.1 Å². The Morgan fingerprint density at radius 1 is 1.05 bits per heavy atom. The number of rotatable bonds is 7. The van der Waals surface area contributed by atoms with E-state index in [1.807, 2.05) is 0 Å². The molecule has 0 spiro atoms. The van der Waals surface area contributed by atoms with Gasteiger partial charge in [0.15, 0.2) is 0 Å². The van der Waals surface area contributed by atoms with E-state index < -0.39 is 23.8 Å². The normalized spacial score (nSPS) is 20.5. The fourth-order valence-corrected chi connectivity index (χ4v) is 5.55. The Morgan fingerprint density at radius 2 is 1.78 bits per heavy atom. The SMILES string of the molecule is CNC(C)C(=O)NC(C(=O)N1CCCC1c1cc(-c2ccccc2C(F)(F)F)ccn1)C1CCCCC1. The van der Waals surface area contributed by atoms with Crippen LogP contribution in [0.4, 0.5) is 13.2 Å². The summed E-state index contributed by atoms with van der Waals surface area (Å²) in [6.07, 6.45) is 3.39. The molecule has 9 heteroatoms. The maximum Gasteiger partial charge on any atom is 0.417 e. The Bertz CT molecular complexity index is 1100. The molecule has 1 aromatic carbocycles. The van der Waals surface area contributed by atoms with E-state index in [-0.39, 0.29) is 29.3 Å². The first-order valence-electron chi connectivity index (χ1n) is 13.1. The van der Waals surface area contributed by atoms with Crippen LogP contribution in [-0.4, -0.2) is 47.4 Å². The van der Waals surface area contributed by atoms with Crippen LogP contribution in [0.5, 0.6) is 0 Å². The molecule has 1 aliphatic heterocycles. The highest BCUT2D eigenvalue weighted by molar-refractivity contribution is 5.90. The second kappa shape index (κ2) is 11.6. The fraction of sp³-hybridized carbons (Fsp3) is 0.536. The largest absolute Gasteiger partial charge is 0.417 e. The van der Waals surface area contributed by atoms with Crippen molar-refractivity contribution in [3.05, 3.63) is 53.9 Å². The molecule has 4 rings (SSSR count). The molecule has 0 radical (unpaired) electrons. The van der Waals surface area contributed by atoms with Gasteiger partial charge in [-0.1, -0.05) is 37.5 Å². The molecule has 1 aliphatic carbocycles. The molecule has 2 fully saturated rings. The number of aromatic nitrogens is 1. The number of benzene rings is 1. The molecule has 0 bridgehead atoms. The van der Waals surface area contributed by atoms with Gasteiger partial charge in [0.05, 0.1) is 23.3 Å². The fourth-order valence-electron chi connectivity index (χ4n) is 5.55. The van der Waals surface area contributed by atoms with Crippen molar-refractivity contribution in [1.82, 2.24) is 20.5 Å². The van der Waals surface area contributed by atoms with Crippen molar-refractivity contribution in [2.75, 3.05) is 13.6 Å².